The number of piperazine rings is 1. The molecule has 3 heterocycles. The Morgan fingerprint density at radius 2 is 1.90 bits per heavy atom. The van der Waals surface area contributed by atoms with Gasteiger partial charge in [-0.3, -0.25) is 0 Å². The molecule has 0 spiro atoms. The molecule has 0 radical (unpaired) electrons. The topological polar surface area (TPSA) is 69.5 Å². The molecule has 3 aromatic rings. The first-order chi connectivity index (χ1) is 14.8. The Morgan fingerprint density at radius 1 is 1.10 bits per heavy atom. The van der Waals surface area contributed by atoms with Crippen molar-refractivity contribution < 1.29 is 0 Å². The molecule has 1 aliphatic heterocycles. The van der Waals surface area contributed by atoms with Crippen LogP contribution in [0.3, 0.4) is 0 Å². The average Bonchev–Trinajstić information content (AvgIpc) is 3.47. The Bertz CT molecular complexity index is 959. The van der Waals surface area contributed by atoms with Crippen molar-refractivity contribution in [1.29, 1.82) is 0 Å². The lowest BCUT2D eigenvalue weighted by atomic mass is 10.2. The van der Waals surface area contributed by atoms with Crippen LogP contribution in [0.5, 0.6) is 0 Å². The molecule has 158 valence electrons. The molecule has 0 saturated carbocycles. The first-order valence-electron chi connectivity index (χ1n) is 10.4. The van der Waals surface area contributed by atoms with E-state index in [1.54, 1.807) is 11.3 Å². The normalized spacial score (nSPS) is 14.9. The minimum absolute atomic E-state index is 0.585. The van der Waals surface area contributed by atoms with Gasteiger partial charge in [0, 0.05) is 61.6 Å². The average molecular weight is 442 g/mol. The number of thiazole rings is 1. The summed E-state index contributed by atoms with van der Waals surface area (Å²) in [5.41, 5.74) is 2.16. The summed E-state index contributed by atoms with van der Waals surface area (Å²) in [6.45, 7) is 9.32. The summed E-state index contributed by atoms with van der Waals surface area (Å²) >= 11 is 3.17. The monoisotopic (exact) mass is 441 g/mol. The lowest BCUT2D eigenvalue weighted by Crippen LogP contribution is -2.52. The van der Waals surface area contributed by atoms with Crippen LogP contribution in [0.15, 0.2) is 40.7 Å². The van der Waals surface area contributed by atoms with Crippen LogP contribution < -0.4 is 10.2 Å². The van der Waals surface area contributed by atoms with E-state index in [-0.39, 0.29) is 0 Å². The fourth-order valence-corrected chi connectivity index (χ4v) is 4.92. The predicted octanol–water partition coefficient (Wildman–Crippen LogP) is 3.51. The third-order valence-corrected chi connectivity index (χ3v) is 6.68. The van der Waals surface area contributed by atoms with Crippen molar-refractivity contribution in [3.8, 4) is 10.6 Å². The van der Waals surface area contributed by atoms with Gasteiger partial charge in [0.2, 0.25) is 5.13 Å². The maximum Gasteiger partial charge on any atom is 0.205 e. The van der Waals surface area contributed by atoms with E-state index in [2.05, 4.69) is 55.8 Å². The number of aliphatic imine (C=N–C) groups is 1. The molecule has 0 amide bonds. The van der Waals surface area contributed by atoms with E-state index in [0.29, 0.717) is 6.54 Å². The molecule has 1 aromatic carbocycles. The van der Waals surface area contributed by atoms with Crippen LogP contribution in [-0.4, -0.2) is 57.9 Å². The first kappa shape index (κ1) is 20.7. The maximum absolute atomic E-state index is 4.86. The number of nitrogens with zero attached hydrogens (tertiary/aromatic N) is 6. The molecule has 9 heteroatoms. The zero-order valence-corrected chi connectivity index (χ0v) is 19.0. The van der Waals surface area contributed by atoms with E-state index >= 15 is 0 Å². The molecule has 1 N–H and O–H groups in total. The van der Waals surface area contributed by atoms with Crippen LogP contribution in [0.4, 0.5) is 5.13 Å². The zero-order valence-electron chi connectivity index (χ0n) is 17.4. The number of guanidine groups is 1. The summed E-state index contributed by atoms with van der Waals surface area (Å²) < 4.78 is 4.41. The van der Waals surface area contributed by atoms with E-state index in [1.807, 2.05) is 18.2 Å². The molecule has 0 atom stereocenters. The number of aryl methyl sites for hydroxylation is 1. The van der Waals surface area contributed by atoms with Crippen LogP contribution in [0.25, 0.3) is 10.6 Å². The van der Waals surface area contributed by atoms with Gasteiger partial charge in [-0.25, -0.2) is 15.0 Å². The molecule has 1 fully saturated rings. The van der Waals surface area contributed by atoms with Crippen LogP contribution in [0.2, 0.25) is 0 Å². The zero-order chi connectivity index (χ0) is 20.8. The second kappa shape index (κ2) is 9.99. The van der Waals surface area contributed by atoms with Crippen molar-refractivity contribution >= 4 is 34.0 Å². The highest BCUT2D eigenvalue weighted by molar-refractivity contribution is 7.13. The van der Waals surface area contributed by atoms with Gasteiger partial charge in [-0.05, 0) is 6.92 Å². The van der Waals surface area contributed by atoms with Crippen LogP contribution in [-0.2, 0) is 13.0 Å². The highest BCUT2D eigenvalue weighted by atomic mass is 32.1. The van der Waals surface area contributed by atoms with Crippen molar-refractivity contribution in [1.82, 2.24) is 24.6 Å². The van der Waals surface area contributed by atoms with Crippen molar-refractivity contribution in [3.05, 3.63) is 47.2 Å². The second-order valence-electron chi connectivity index (χ2n) is 7.00. The van der Waals surface area contributed by atoms with E-state index in [4.69, 9.17) is 9.98 Å². The summed E-state index contributed by atoms with van der Waals surface area (Å²) in [5, 5.41) is 7.62. The fraction of sp³-hybridized carbons (Fsp3) is 0.429. The highest BCUT2D eigenvalue weighted by Crippen LogP contribution is 2.24. The van der Waals surface area contributed by atoms with E-state index in [9.17, 15) is 0 Å². The van der Waals surface area contributed by atoms with Gasteiger partial charge >= 0.3 is 0 Å². The lowest BCUT2D eigenvalue weighted by molar-refractivity contribution is 0.372. The van der Waals surface area contributed by atoms with Gasteiger partial charge in [0.05, 0.1) is 12.2 Å². The van der Waals surface area contributed by atoms with Gasteiger partial charge in [0.25, 0.3) is 0 Å². The van der Waals surface area contributed by atoms with Gasteiger partial charge in [0.1, 0.15) is 10.8 Å². The second-order valence-corrected chi connectivity index (χ2v) is 8.59. The summed E-state index contributed by atoms with van der Waals surface area (Å²) in [6.07, 6.45) is 0.885. The van der Waals surface area contributed by atoms with Gasteiger partial charge < -0.3 is 15.1 Å². The molecule has 2 aromatic heterocycles. The lowest BCUT2D eigenvalue weighted by Gasteiger charge is -2.36. The number of rotatable bonds is 6. The standard InChI is InChI=1S/C21H27N7S2/c1-3-18-25-21(30-26-18)28-12-10-27(11-13-28)20(22-4-2)23-14-17-15-29-19(24-17)16-8-6-5-7-9-16/h5-9,15H,3-4,10-14H2,1-2H3,(H,22,23). The van der Waals surface area contributed by atoms with Gasteiger partial charge in [-0.2, -0.15) is 4.37 Å². The highest BCUT2D eigenvalue weighted by Gasteiger charge is 2.22. The third-order valence-electron chi connectivity index (χ3n) is 4.92. The van der Waals surface area contributed by atoms with E-state index < -0.39 is 0 Å². The number of hydrogen-bond acceptors (Lipinski definition) is 7. The van der Waals surface area contributed by atoms with Crippen molar-refractivity contribution in [2.75, 3.05) is 37.6 Å². The van der Waals surface area contributed by atoms with Crippen LogP contribution >= 0.6 is 22.9 Å². The molecular formula is C21H27N7S2. The quantitative estimate of drug-likeness (QED) is 0.466. The predicted molar refractivity (Wildman–Crippen MR) is 125 cm³/mol. The van der Waals surface area contributed by atoms with Crippen molar-refractivity contribution in [2.24, 2.45) is 4.99 Å². The Balaban J connectivity index is 1.38. The number of aromatic nitrogens is 3. The summed E-state index contributed by atoms with van der Waals surface area (Å²) in [6, 6.07) is 10.3. The molecule has 30 heavy (non-hydrogen) atoms. The number of hydrogen-bond donors (Lipinski definition) is 1. The van der Waals surface area contributed by atoms with E-state index in [0.717, 1.165) is 72.3 Å². The number of nitrogens with one attached hydrogen (secondary N) is 1. The Kier molecular flexibility index (Phi) is 6.91. The molecule has 0 aliphatic carbocycles. The molecule has 4 rings (SSSR count). The SMILES string of the molecule is CCNC(=NCc1csc(-c2ccccc2)n1)N1CCN(c2nc(CC)ns2)CC1. The van der Waals surface area contributed by atoms with Crippen LogP contribution in [0, 0.1) is 0 Å². The summed E-state index contributed by atoms with van der Waals surface area (Å²) in [4.78, 5) is 18.9. The van der Waals surface area contributed by atoms with Crippen molar-refractivity contribution in [2.45, 2.75) is 26.8 Å². The molecule has 1 saturated heterocycles. The first-order valence-corrected chi connectivity index (χ1v) is 12.0. The Morgan fingerprint density at radius 3 is 2.60 bits per heavy atom. The van der Waals surface area contributed by atoms with Gasteiger partial charge in [-0.1, -0.05) is 37.3 Å². The van der Waals surface area contributed by atoms with Crippen LogP contribution in [0.1, 0.15) is 25.4 Å². The Hall–Kier alpha value is -2.52. The molecule has 7 nitrogen and oxygen atoms in total. The van der Waals surface area contributed by atoms with Crippen molar-refractivity contribution in [3.63, 3.8) is 0 Å². The minimum Gasteiger partial charge on any atom is -0.357 e. The molecular weight excluding hydrogens is 414 g/mol. The summed E-state index contributed by atoms with van der Waals surface area (Å²) in [7, 11) is 0. The fourth-order valence-electron chi connectivity index (χ4n) is 3.30. The smallest absolute Gasteiger partial charge is 0.205 e. The minimum atomic E-state index is 0.585. The molecule has 1 aliphatic rings. The number of benzene rings is 1. The Labute approximate surface area is 185 Å². The molecule has 0 bridgehead atoms. The largest absolute Gasteiger partial charge is 0.357 e. The third kappa shape index (κ3) is 4.96. The number of anilines is 1. The maximum atomic E-state index is 4.86. The van der Waals surface area contributed by atoms with E-state index in [1.165, 1.54) is 11.5 Å². The van der Waals surface area contributed by atoms with Gasteiger partial charge in [-0.15, -0.1) is 11.3 Å². The van der Waals surface area contributed by atoms with Gasteiger partial charge in [0.15, 0.2) is 5.96 Å². The molecule has 0 unspecified atom stereocenters. The summed E-state index contributed by atoms with van der Waals surface area (Å²) in [5.74, 6) is 1.89.